The van der Waals surface area contributed by atoms with Crippen LogP contribution < -0.4 is 9.75 Å². The number of amides is 1. The molecule has 4 nitrogen and oxygen atoms in total. The number of carbonyl (C=O) groups excluding carboxylic acids is 1. The zero-order chi connectivity index (χ0) is 19.7. The number of ether oxygens (including phenoxy) is 1. The minimum atomic E-state index is -0.299. The van der Waals surface area contributed by atoms with Gasteiger partial charge in [0.25, 0.3) is 5.91 Å². The van der Waals surface area contributed by atoms with E-state index in [9.17, 15) is 4.79 Å². The molecule has 1 amide bonds. The fourth-order valence-corrected chi connectivity index (χ4v) is 3.95. The number of methoxy groups -OCH3 is 1. The van der Waals surface area contributed by atoms with Crippen molar-refractivity contribution in [3.8, 4) is 5.75 Å². The van der Waals surface area contributed by atoms with E-state index in [-0.39, 0.29) is 11.8 Å². The Hall–Kier alpha value is -2.82. The van der Waals surface area contributed by atoms with E-state index in [1.807, 2.05) is 78.8 Å². The quantitative estimate of drug-likeness (QED) is 0.620. The molecule has 1 aliphatic heterocycles. The average Bonchev–Trinajstić information content (AvgIpc) is 3.01. The number of fused-ring (bicyclic) bond motifs is 1. The molecule has 0 radical (unpaired) electrons. The number of nitrogens with zero attached hydrogens (tertiary/aromatic N) is 2. The van der Waals surface area contributed by atoms with Crippen molar-refractivity contribution in [2.75, 3.05) is 19.2 Å². The van der Waals surface area contributed by atoms with Crippen molar-refractivity contribution in [2.45, 2.75) is 12.5 Å². The largest absolute Gasteiger partial charge is 0.496 e. The highest BCUT2D eigenvalue weighted by molar-refractivity contribution is 6.30. The summed E-state index contributed by atoms with van der Waals surface area (Å²) in [5.74, 6) is 0.452. The molecular formula is C23H21ClN2O2. The van der Waals surface area contributed by atoms with Crippen molar-refractivity contribution < 1.29 is 9.53 Å². The SMILES string of the molecule is COc1cc(Cl)ccc1CN(C)N1C(=O)[C@@H](c2ccccc2)c2ccccc21. The predicted molar refractivity (Wildman–Crippen MR) is 112 cm³/mol. The van der Waals surface area contributed by atoms with Crippen molar-refractivity contribution >= 4 is 23.2 Å². The Kier molecular flexibility index (Phi) is 5.07. The first-order valence-corrected chi connectivity index (χ1v) is 9.49. The summed E-state index contributed by atoms with van der Waals surface area (Å²) in [7, 11) is 3.53. The van der Waals surface area contributed by atoms with Gasteiger partial charge < -0.3 is 4.74 Å². The Balaban J connectivity index is 1.69. The maximum atomic E-state index is 13.4. The van der Waals surface area contributed by atoms with Gasteiger partial charge in [0.2, 0.25) is 0 Å². The first-order chi connectivity index (χ1) is 13.6. The fourth-order valence-electron chi connectivity index (χ4n) is 3.78. The first-order valence-electron chi connectivity index (χ1n) is 9.11. The Morgan fingerprint density at radius 1 is 1.04 bits per heavy atom. The molecule has 5 heteroatoms. The molecule has 0 spiro atoms. The molecule has 0 aliphatic carbocycles. The third-order valence-corrected chi connectivity index (χ3v) is 5.29. The number of rotatable bonds is 5. The van der Waals surface area contributed by atoms with E-state index in [2.05, 4.69) is 0 Å². The van der Waals surface area contributed by atoms with Gasteiger partial charge in [-0.3, -0.25) is 4.79 Å². The van der Waals surface area contributed by atoms with Crippen molar-refractivity contribution in [2.24, 2.45) is 0 Å². The van der Waals surface area contributed by atoms with Gasteiger partial charge in [-0.1, -0.05) is 66.2 Å². The summed E-state index contributed by atoms with van der Waals surface area (Å²) in [5, 5.41) is 4.31. The van der Waals surface area contributed by atoms with Crippen molar-refractivity contribution in [1.29, 1.82) is 0 Å². The van der Waals surface area contributed by atoms with Crippen LogP contribution in [-0.4, -0.2) is 25.1 Å². The molecule has 1 atom stereocenters. The topological polar surface area (TPSA) is 32.8 Å². The van der Waals surface area contributed by atoms with Crippen LogP contribution in [-0.2, 0) is 11.3 Å². The summed E-state index contributed by atoms with van der Waals surface area (Å²) in [6, 6.07) is 23.4. The maximum Gasteiger partial charge on any atom is 0.253 e. The third-order valence-electron chi connectivity index (χ3n) is 5.05. The number of halogens is 1. The van der Waals surface area contributed by atoms with Crippen LogP contribution in [0.25, 0.3) is 0 Å². The molecule has 142 valence electrons. The molecule has 0 aromatic heterocycles. The standard InChI is InChI=1S/C23H21ClN2O2/c1-25(15-17-12-13-18(24)14-21(17)28-2)26-20-11-7-6-10-19(20)22(23(26)27)16-8-4-3-5-9-16/h3-14,22H,15H2,1-2H3/t22-/m0/s1. The van der Waals surface area contributed by atoms with Crippen molar-refractivity contribution in [1.82, 2.24) is 5.01 Å². The van der Waals surface area contributed by atoms with Crippen LogP contribution in [0.15, 0.2) is 72.8 Å². The molecule has 0 bridgehead atoms. The van der Waals surface area contributed by atoms with E-state index in [1.165, 1.54) is 0 Å². The molecule has 28 heavy (non-hydrogen) atoms. The highest BCUT2D eigenvalue weighted by atomic mass is 35.5. The van der Waals surface area contributed by atoms with Crippen LogP contribution >= 0.6 is 11.6 Å². The molecule has 0 saturated carbocycles. The Bertz CT molecular complexity index is 1010. The van der Waals surface area contributed by atoms with E-state index in [0.717, 1.165) is 22.4 Å². The van der Waals surface area contributed by atoms with Gasteiger partial charge >= 0.3 is 0 Å². The lowest BCUT2D eigenvalue weighted by atomic mass is 9.93. The van der Waals surface area contributed by atoms with E-state index >= 15 is 0 Å². The average molecular weight is 393 g/mol. The summed E-state index contributed by atoms with van der Waals surface area (Å²) in [6.45, 7) is 0.516. The van der Waals surface area contributed by atoms with Gasteiger partial charge in [0.1, 0.15) is 5.75 Å². The van der Waals surface area contributed by atoms with Crippen molar-refractivity contribution in [3.05, 3.63) is 94.5 Å². The number of benzene rings is 3. The summed E-state index contributed by atoms with van der Waals surface area (Å²) in [5.41, 5.74) is 3.90. The highest BCUT2D eigenvalue weighted by Crippen LogP contribution is 2.42. The normalized spacial score (nSPS) is 15.8. The van der Waals surface area contributed by atoms with E-state index in [0.29, 0.717) is 17.3 Å². The minimum absolute atomic E-state index is 0.0443. The molecule has 1 aliphatic rings. The lowest BCUT2D eigenvalue weighted by Gasteiger charge is -2.29. The molecular weight excluding hydrogens is 372 g/mol. The monoisotopic (exact) mass is 392 g/mol. The second kappa shape index (κ2) is 7.66. The lowest BCUT2D eigenvalue weighted by Crippen LogP contribution is -2.42. The van der Waals surface area contributed by atoms with Crippen molar-refractivity contribution in [3.63, 3.8) is 0 Å². The molecule has 0 fully saturated rings. The Labute approximate surface area is 169 Å². The van der Waals surface area contributed by atoms with Crippen LogP contribution in [0.4, 0.5) is 5.69 Å². The predicted octanol–water partition coefficient (Wildman–Crippen LogP) is 4.87. The molecule has 1 heterocycles. The molecule has 0 unspecified atom stereocenters. The molecule has 3 aromatic carbocycles. The summed E-state index contributed by atoms with van der Waals surface area (Å²) in [4.78, 5) is 13.4. The van der Waals surface area contributed by atoms with E-state index in [1.54, 1.807) is 18.2 Å². The first kappa shape index (κ1) is 18.5. The smallest absolute Gasteiger partial charge is 0.253 e. The summed E-state index contributed by atoms with van der Waals surface area (Å²) < 4.78 is 5.46. The minimum Gasteiger partial charge on any atom is -0.496 e. The van der Waals surface area contributed by atoms with Crippen LogP contribution in [0.1, 0.15) is 22.6 Å². The van der Waals surface area contributed by atoms with Gasteiger partial charge in [0, 0.05) is 24.2 Å². The van der Waals surface area contributed by atoms with Gasteiger partial charge in [0.15, 0.2) is 0 Å². The number of hydrogen-bond acceptors (Lipinski definition) is 3. The number of hydrazine groups is 1. The molecule has 0 saturated heterocycles. The van der Waals surface area contributed by atoms with Gasteiger partial charge in [-0.05, 0) is 29.3 Å². The zero-order valence-corrected chi connectivity index (χ0v) is 16.6. The van der Waals surface area contributed by atoms with Crippen LogP contribution in [0.2, 0.25) is 5.02 Å². The van der Waals surface area contributed by atoms with Crippen LogP contribution in [0.3, 0.4) is 0 Å². The number of para-hydroxylation sites is 1. The molecule has 3 aromatic rings. The Morgan fingerprint density at radius 2 is 1.75 bits per heavy atom. The molecule has 0 N–H and O–H groups in total. The molecule has 4 rings (SSSR count). The summed E-state index contributed by atoms with van der Waals surface area (Å²) >= 11 is 6.08. The number of carbonyl (C=O) groups is 1. The maximum absolute atomic E-state index is 13.4. The highest BCUT2D eigenvalue weighted by Gasteiger charge is 2.40. The second-order valence-electron chi connectivity index (χ2n) is 6.82. The van der Waals surface area contributed by atoms with Crippen LogP contribution in [0.5, 0.6) is 5.75 Å². The zero-order valence-electron chi connectivity index (χ0n) is 15.8. The summed E-state index contributed by atoms with van der Waals surface area (Å²) in [6.07, 6.45) is 0. The lowest BCUT2D eigenvalue weighted by molar-refractivity contribution is -0.121. The number of anilines is 1. The van der Waals surface area contributed by atoms with E-state index < -0.39 is 0 Å². The van der Waals surface area contributed by atoms with Gasteiger partial charge in [-0.2, -0.15) is 0 Å². The van der Waals surface area contributed by atoms with Gasteiger partial charge in [-0.25, -0.2) is 10.0 Å². The van der Waals surface area contributed by atoms with Gasteiger partial charge in [0.05, 0.1) is 18.7 Å². The number of hydrogen-bond donors (Lipinski definition) is 0. The fraction of sp³-hybridized carbons (Fsp3) is 0.174. The van der Waals surface area contributed by atoms with E-state index in [4.69, 9.17) is 16.3 Å². The third kappa shape index (κ3) is 3.26. The second-order valence-corrected chi connectivity index (χ2v) is 7.26. The Morgan fingerprint density at radius 3 is 2.50 bits per heavy atom. The van der Waals surface area contributed by atoms with Crippen LogP contribution in [0, 0.1) is 0 Å². The van der Waals surface area contributed by atoms with Gasteiger partial charge in [-0.15, -0.1) is 0 Å².